The molecule has 0 aliphatic heterocycles. The Balaban J connectivity index is 0.000000609. The molecule has 0 heterocycles. The third-order valence-corrected chi connectivity index (χ3v) is 16.6. The first-order chi connectivity index (χ1) is 21.8. The van der Waals surface area contributed by atoms with Crippen LogP contribution in [0.15, 0.2) is 127 Å². The SMILES string of the molecule is C1=CCC=C1.C[C@@H](C1C=CC=C1c1ccccc1P(c1ccccc1)c1ccccc1)P(C1CCCCC1)C1CCCCC1.[Fe]. The van der Waals surface area contributed by atoms with Gasteiger partial charge in [0.05, 0.1) is 0 Å². The number of hydrogen-bond donors (Lipinski definition) is 0. The predicted octanol–water partition coefficient (Wildman–Crippen LogP) is 11.0. The topological polar surface area (TPSA) is 0 Å². The quantitative estimate of drug-likeness (QED) is 0.165. The molecule has 0 radical (unpaired) electrons. The van der Waals surface area contributed by atoms with E-state index in [-0.39, 0.29) is 25.0 Å². The summed E-state index contributed by atoms with van der Waals surface area (Å²) >= 11 is 0. The molecule has 0 spiro atoms. The van der Waals surface area contributed by atoms with Crippen molar-refractivity contribution in [1.29, 1.82) is 0 Å². The summed E-state index contributed by atoms with van der Waals surface area (Å²) in [5.74, 6) is 0.546. The van der Waals surface area contributed by atoms with Crippen LogP contribution in [0.4, 0.5) is 0 Å². The summed E-state index contributed by atoms with van der Waals surface area (Å²) in [7, 11) is -0.610. The Morgan fingerprint density at radius 1 is 0.600 bits per heavy atom. The Labute approximate surface area is 286 Å². The Morgan fingerprint density at radius 2 is 1.11 bits per heavy atom. The summed E-state index contributed by atoms with van der Waals surface area (Å²) in [5, 5.41) is 4.39. The summed E-state index contributed by atoms with van der Waals surface area (Å²) in [6.45, 7) is 2.66. The Morgan fingerprint density at radius 3 is 1.62 bits per heavy atom. The van der Waals surface area contributed by atoms with Crippen molar-refractivity contribution < 1.29 is 17.1 Å². The molecule has 4 aliphatic rings. The molecule has 3 aromatic rings. The van der Waals surface area contributed by atoms with Gasteiger partial charge in [-0.05, 0) is 84.1 Å². The largest absolute Gasteiger partial charge is 0.0965 e. The van der Waals surface area contributed by atoms with E-state index in [0.717, 1.165) is 23.4 Å². The van der Waals surface area contributed by atoms with Crippen LogP contribution in [-0.2, 0) is 17.1 Å². The van der Waals surface area contributed by atoms with E-state index in [1.165, 1.54) is 85.7 Å². The van der Waals surface area contributed by atoms with E-state index < -0.39 is 7.92 Å². The van der Waals surface area contributed by atoms with Gasteiger partial charge in [0.25, 0.3) is 0 Å². The maximum Gasteiger partial charge on any atom is 0.00923 e. The van der Waals surface area contributed by atoms with E-state index in [4.69, 9.17) is 0 Å². The minimum atomic E-state index is -0.624. The van der Waals surface area contributed by atoms with E-state index in [1.807, 2.05) is 0 Å². The Bertz CT molecular complexity index is 1360. The van der Waals surface area contributed by atoms with Crippen LogP contribution >= 0.6 is 15.8 Å². The van der Waals surface area contributed by atoms with E-state index in [0.29, 0.717) is 5.92 Å². The molecule has 45 heavy (non-hydrogen) atoms. The third-order valence-electron chi connectivity index (χ3n) is 10.1. The molecule has 0 bridgehead atoms. The van der Waals surface area contributed by atoms with Crippen molar-refractivity contribution >= 4 is 37.3 Å². The first-order valence-electron chi connectivity index (χ1n) is 17.3. The number of hydrogen-bond acceptors (Lipinski definition) is 0. The Kier molecular flexibility index (Phi) is 13.6. The predicted molar refractivity (Wildman–Crippen MR) is 199 cm³/mol. The van der Waals surface area contributed by atoms with E-state index in [1.54, 1.807) is 5.57 Å². The number of allylic oxidation sites excluding steroid dienone is 8. The molecule has 0 amide bonds. The smallest absolute Gasteiger partial charge is 0.00923 e. The first kappa shape index (κ1) is 34.3. The molecule has 0 saturated heterocycles. The van der Waals surface area contributed by atoms with Crippen LogP contribution in [0.1, 0.15) is 83.1 Å². The molecular weight excluding hydrogens is 622 g/mol. The van der Waals surface area contributed by atoms with E-state index in [2.05, 4.69) is 134 Å². The molecule has 3 heteroatoms. The van der Waals surface area contributed by atoms with Crippen LogP contribution in [0.3, 0.4) is 0 Å². The van der Waals surface area contributed by atoms with Crippen molar-refractivity contribution in [2.75, 3.05) is 0 Å². The standard InChI is InChI=1S/C37H44P2.C5H6.Fe/c1-29(38(30-17-6-2-7-18-30)31-19-8-3-9-20-31)34-26-16-27-35(34)36-25-14-15-28-37(36)39(32-21-10-4-11-22-32)33-23-12-5-13-24-33;1-2-4-5-3-1;/h4-5,10-16,21-31,34H,2-3,6-9,17-20H2,1H3;1-4H,5H2;/t29-,34?;;/m0../s1. The van der Waals surface area contributed by atoms with E-state index >= 15 is 0 Å². The zero-order valence-electron chi connectivity index (χ0n) is 27.0. The number of rotatable bonds is 8. The molecule has 2 atom stereocenters. The van der Waals surface area contributed by atoms with Gasteiger partial charge in [-0.25, -0.2) is 0 Å². The summed E-state index contributed by atoms with van der Waals surface area (Å²) in [6, 6.07) is 31.9. The monoisotopic (exact) mass is 672 g/mol. The van der Waals surface area contributed by atoms with E-state index in [9.17, 15) is 0 Å². The third kappa shape index (κ3) is 8.68. The van der Waals surface area contributed by atoms with Gasteiger partial charge in [-0.1, -0.05) is 181 Å². The minimum absolute atomic E-state index is 0. The molecule has 0 aromatic heterocycles. The molecule has 0 nitrogen and oxygen atoms in total. The summed E-state index contributed by atoms with van der Waals surface area (Å²) < 4.78 is 0. The fourth-order valence-corrected chi connectivity index (χ4v) is 14.9. The van der Waals surface area contributed by atoms with Crippen molar-refractivity contribution in [3.63, 3.8) is 0 Å². The molecule has 7 rings (SSSR count). The van der Waals surface area contributed by atoms with Crippen molar-refractivity contribution in [2.45, 2.75) is 94.5 Å². The molecule has 0 N–H and O–H groups in total. The van der Waals surface area contributed by atoms with Gasteiger partial charge < -0.3 is 0 Å². The van der Waals surface area contributed by atoms with Gasteiger partial charge in [-0.3, -0.25) is 0 Å². The van der Waals surface area contributed by atoms with Crippen LogP contribution in [-0.4, -0.2) is 17.0 Å². The Hall–Kier alpha value is -2.00. The zero-order chi connectivity index (χ0) is 30.0. The molecule has 4 aliphatic carbocycles. The molecule has 236 valence electrons. The second-order valence-corrected chi connectivity index (χ2v) is 18.3. The average molecular weight is 673 g/mol. The maximum atomic E-state index is 2.66. The molecule has 3 aromatic carbocycles. The van der Waals surface area contributed by atoms with Gasteiger partial charge in [-0.15, -0.1) is 0 Å². The van der Waals surface area contributed by atoms with Crippen LogP contribution in [0, 0.1) is 5.92 Å². The van der Waals surface area contributed by atoms with Gasteiger partial charge in [0.1, 0.15) is 0 Å². The van der Waals surface area contributed by atoms with Crippen LogP contribution in [0.25, 0.3) is 5.57 Å². The summed E-state index contributed by atoms with van der Waals surface area (Å²) in [5.41, 5.74) is 5.80. The van der Waals surface area contributed by atoms with Crippen molar-refractivity contribution in [2.24, 2.45) is 5.92 Å². The summed E-state index contributed by atoms with van der Waals surface area (Å²) in [4.78, 5) is 0. The first-order valence-corrected chi connectivity index (χ1v) is 20.2. The fourth-order valence-electron chi connectivity index (χ4n) is 7.98. The molecule has 1 unspecified atom stereocenters. The van der Waals surface area contributed by atoms with Gasteiger partial charge in [0, 0.05) is 23.0 Å². The van der Waals surface area contributed by atoms with Gasteiger partial charge >= 0.3 is 0 Å². The van der Waals surface area contributed by atoms with Gasteiger partial charge in [0.2, 0.25) is 0 Å². The molecule has 2 saturated carbocycles. The van der Waals surface area contributed by atoms with Crippen LogP contribution in [0.2, 0.25) is 0 Å². The second kappa shape index (κ2) is 17.8. The average Bonchev–Trinajstić information content (AvgIpc) is 3.84. The fraction of sp³-hybridized carbons (Fsp3) is 0.381. The van der Waals surface area contributed by atoms with Gasteiger partial charge in [0.15, 0.2) is 0 Å². The molecule has 2 fully saturated rings. The molecular formula is C42H50FeP2. The summed E-state index contributed by atoms with van der Waals surface area (Å²) in [6.07, 6.45) is 31.7. The second-order valence-electron chi connectivity index (χ2n) is 12.9. The van der Waals surface area contributed by atoms with Crippen molar-refractivity contribution in [1.82, 2.24) is 0 Å². The van der Waals surface area contributed by atoms with Crippen molar-refractivity contribution in [3.8, 4) is 0 Å². The normalized spacial score (nSPS) is 20.5. The van der Waals surface area contributed by atoms with Crippen molar-refractivity contribution in [3.05, 3.63) is 133 Å². The number of benzene rings is 3. The van der Waals surface area contributed by atoms with Crippen LogP contribution in [0.5, 0.6) is 0 Å². The van der Waals surface area contributed by atoms with Crippen LogP contribution < -0.4 is 15.9 Å². The maximum absolute atomic E-state index is 2.66. The van der Waals surface area contributed by atoms with Gasteiger partial charge in [-0.2, -0.15) is 0 Å². The minimum Gasteiger partial charge on any atom is -0.0965 e. The zero-order valence-corrected chi connectivity index (χ0v) is 29.9.